The lowest BCUT2D eigenvalue weighted by Crippen LogP contribution is -2.60. The van der Waals surface area contributed by atoms with Gasteiger partial charge in [0.25, 0.3) is 0 Å². The van der Waals surface area contributed by atoms with Crippen molar-refractivity contribution in [1.82, 2.24) is 9.80 Å². The van der Waals surface area contributed by atoms with E-state index in [9.17, 15) is 32.3 Å². The molecule has 0 aliphatic carbocycles. The van der Waals surface area contributed by atoms with E-state index in [0.29, 0.717) is 19.3 Å². The van der Waals surface area contributed by atoms with Gasteiger partial charge in [-0.25, -0.2) is 9.59 Å². The number of methoxy groups -OCH3 is 1. The van der Waals surface area contributed by atoms with E-state index in [0.717, 1.165) is 0 Å². The third-order valence-corrected chi connectivity index (χ3v) is 12.1. The summed E-state index contributed by atoms with van der Waals surface area (Å²) in [6, 6.07) is -0.945. The van der Waals surface area contributed by atoms with E-state index in [1.807, 2.05) is 32.8 Å². The first-order valence-corrected chi connectivity index (χ1v) is 19.5. The topological polar surface area (TPSA) is 179 Å². The first-order chi connectivity index (χ1) is 26.0. The highest BCUT2D eigenvalue weighted by Gasteiger charge is 2.60. The Morgan fingerprint density at radius 2 is 1.70 bits per heavy atom. The average molecular weight is 806 g/mol. The van der Waals surface area contributed by atoms with Gasteiger partial charge in [-0.3, -0.25) is 9.59 Å². The second-order valence-electron chi connectivity index (χ2n) is 16.5. The van der Waals surface area contributed by atoms with E-state index in [1.54, 1.807) is 34.6 Å². The van der Waals surface area contributed by atoms with Crippen LogP contribution in [-0.4, -0.2) is 128 Å². The minimum atomic E-state index is -5.40. The van der Waals surface area contributed by atoms with Crippen molar-refractivity contribution >= 4 is 23.8 Å². The second-order valence-corrected chi connectivity index (χ2v) is 16.5. The van der Waals surface area contributed by atoms with Crippen LogP contribution in [0.4, 0.5) is 18.0 Å². The summed E-state index contributed by atoms with van der Waals surface area (Å²) in [6.45, 7) is 15.3. The molecular weight excluding hydrogens is 743 g/mol. The molecule has 18 heteroatoms. The van der Waals surface area contributed by atoms with Crippen molar-refractivity contribution in [3.05, 3.63) is 10.4 Å². The number of ketones is 1. The molecule has 3 fully saturated rings. The van der Waals surface area contributed by atoms with Crippen LogP contribution in [0.5, 0.6) is 0 Å². The van der Waals surface area contributed by atoms with Gasteiger partial charge >= 0.3 is 24.2 Å². The zero-order valence-corrected chi connectivity index (χ0v) is 34.8. The lowest BCUT2D eigenvalue weighted by molar-refractivity contribution is -0.289. The molecule has 0 aromatic carbocycles. The molecule has 0 aromatic rings. The molecule has 0 bridgehead atoms. The molecule has 3 rings (SSSR count). The monoisotopic (exact) mass is 805 g/mol. The van der Waals surface area contributed by atoms with Crippen molar-refractivity contribution in [3.63, 3.8) is 0 Å². The predicted octanol–water partition coefficient (Wildman–Crippen LogP) is 6.46. The second kappa shape index (κ2) is 19.0. The third kappa shape index (κ3) is 10.3. The van der Waals surface area contributed by atoms with Gasteiger partial charge < -0.3 is 38.2 Å². The van der Waals surface area contributed by atoms with Crippen molar-refractivity contribution in [1.29, 1.82) is 0 Å². The number of nitrogens with zero attached hydrogens (tertiary/aromatic N) is 5. The predicted molar refractivity (Wildman–Crippen MR) is 197 cm³/mol. The number of unbranched alkanes of at least 4 members (excludes halogenated alkanes) is 1. The lowest BCUT2D eigenvalue weighted by Gasteiger charge is -2.49. The van der Waals surface area contributed by atoms with E-state index in [4.69, 9.17) is 34.0 Å². The van der Waals surface area contributed by atoms with Gasteiger partial charge in [0.1, 0.15) is 18.0 Å². The number of alkyl halides is 3. The molecule has 320 valence electrons. The summed E-state index contributed by atoms with van der Waals surface area (Å²) in [5.41, 5.74) is 5.66. The Morgan fingerprint density at radius 1 is 1.05 bits per heavy atom. The highest BCUT2D eigenvalue weighted by atomic mass is 19.4. The average Bonchev–Trinajstić information content (AvgIpc) is 3.39. The summed E-state index contributed by atoms with van der Waals surface area (Å²) in [5, 5.41) is 3.55. The van der Waals surface area contributed by atoms with Crippen LogP contribution in [0.25, 0.3) is 10.4 Å². The van der Waals surface area contributed by atoms with E-state index in [2.05, 4.69) is 10.0 Å². The van der Waals surface area contributed by atoms with E-state index in [-0.39, 0.29) is 49.8 Å². The van der Waals surface area contributed by atoms with Crippen LogP contribution in [0.2, 0.25) is 0 Å². The number of hydrogen-bond acceptors (Lipinski definition) is 12. The minimum absolute atomic E-state index is 0.000816. The molecule has 0 spiro atoms. The molecule has 3 aliphatic rings. The quantitative estimate of drug-likeness (QED) is 0.0559. The van der Waals surface area contributed by atoms with Gasteiger partial charge in [-0.1, -0.05) is 39.7 Å². The van der Waals surface area contributed by atoms with Crippen LogP contribution in [0.15, 0.2) is 5.11 Å². The molecule has 0 radical (unpaired) electrons. The van der Waals surface area contributed by atoms with E-state index < -0.39 is 89.7 Å². The number of azide groups is 1. The number of carbonyl (C=O) groups excluding carboxylic acids is 4. The molecule has 2 unspecified atom stereocenters. The molecule has 1 amide bonds. The van der Waals surface area contributed by atoms with Crippen LogP contribution in [-0.2, 0) is 42.8 Å². The van der Waals surface area contributed by atoms with Gasteiger partial charge in [0.05, 0.1) is 29.8 Å². The maximum atomic E-state index is 14.6. The fourth-order valence-corrected chi connectivity index (χ4v) is 9.09. The van der Waals surface area contributed by atoms with Gasteiger partial charge in [-0.05, 0) is 79.4 Å². The van der Waals surface area contributed by atoms with Crippen LogP contribution in [0.1, 0.15) is 94.4 Å². The number of rotatable bonds is 11. The summed E-state index contributed by atoms with van der Waals surface area (Å²) in [5.74, 6) is -8.36. The van der Waals surface area contributed by atoms with Crippen molar-refractivity contribution in [3.8, 4) is 0 Å². The van der Waals surface area contributed by atoms with Gasteiger partial charge in [-0.15, -0.1) is 0 Å². The Hall–Kier alpha value is -3.18. The Labute approximate surface area is 328 Å². The van der Waals surface area contributed by atoms with E-state index >= 15 is 0 Å². The first kappa shape index (κ1) is 47.2. The Morgan fingerprint density at radius 3 is 2.25 bits per heavy atom. The minimum Gasteiger partial charge on any atom is -0.458 e. The molecule has 3 saturated heterocycles. The van der Waals surface area contributed by atoms with Crippen LogP contribution < -0.4 is 0 Å². The molecule has 14 atom stereocenters. The van der Waals surface area contributed by atoms with Crippen molar-refractivity contribution in [2.45, 2.75) is 155 Å². The molecule has 3 heterocycles. The SMILES string of the molecule is CC[C@H]1OC(=O)[C@H](C)[C@@H](OC(=O)C(F)(F)F)[C@H](C)[C@@H](OC2O[C@H](C)C[C@H](N(C)C)C2C)[C@@](C)(OC)C[C@@H](C)C(=O)[C@H](C)[C@H]2N(CCCCN=[N+]=[N-])C(=O)O[C@]12C. The summed E-state index contributed by atoms with van der Waals surface area (Å²) in [4.78, 5) is 61.2. The summed E-state index contributed by atoms with van der Waals surface area (Å²) in [6.07, 6.45) is -9.85. The zero-order valence-electron chi connectivity index (χ0n) is 34.8. The molecule has 3 aliphatic heterocycles. The Balaban J connectivity index is 2.24. The number of ether oxygens (including phenoxy) is 6. The van der Waals surface area contributed by atoms with Crippen LogP contribution >= 0.6 is 0 Å². The number of Topliss-reactive ketones (excluding diaryl/α,β-unsaturated/α-hetero) is 1. The van der Waals surface area contributed by atoms with Gasteiger partial charge in [-0.2, -0.15) is 13.2 Å². The van der Waals surface area contributed by atoms with Gasteiger partial charge in [0, 0.05) is 54.8 Å². The normalized spacial score (nSPS) is 38.9. The molecule has 0 N–H and O–H groups in total. The van der Waals surface area contributed by atoms with Gasteiger partial charge in [0.2, 0.25) is 0 Å². The fourth-order valence-electron chi connectivity index (χ4n) is 9.09. The number of cyclic esters (lactones) is 1. The summed E-state index contributed by atoms with van der Waals surface area (Å²) in [7, 11) is 5.24. The smallest absolute Gasteiger partial charge is 0.458 e. The van der Waals surface area contributed by atoms with Crippen molar-refractivity contribution < 1.29 is 60.8 Å². The Bertz CT molecular complexity index is 1450. The molecular formula is C38H62F3N5O10. The highest BCUT2D eigenvalue weighted by Crippen LogP contribution is 2.44. The van der Waals surface area contributed by atoms with Crippen molar-refractivity contribution in [2.75, 3.05) is 34.3 Å². The fraction of sp³-hybridized carbons (Fsp3) is 0.895. The maximum Gasteiger partial charge on any atom is 0.490 e. The lowest BCUT2D eigenvalue weighted by atomic mass is 9.73. The Kier molecular flexibility index (Phi) is 16.1. The number of esters is 2. The standard InChI is InChI=1S/C38H62F3N5O10/c1-13-27-37(9)30(46(35(50)56-37)17-15-14-16-43-44-42)23(5)28(47)20(2)19-36(8,51-12)31(55-33-22(4)26(45(10)11)18-21(3)52-33)24(6)29(25(7)32(48)53-27)54-34(49)38(39,40)41/h20-27,29-31,33H,13-19H2,1-12H3/t20-,21-,22?,23+,24+,25-,26+,27-,29+,30-,31-,33?,36+,37-/m1/s1. The largest absolute Gasteiger partial charge is 0.490 e. The van der Waals surface area contributed by atoms with Gasteiger partial charge in [0.15, 0.2) is 11.9 Å². The molecule has 56 heavy (non-hydrogen) atoms. The third-order valence-electron chi connectivity index (χ3n) is 12.1. The maximum absolute atomic E-state index is 14.6. The summed E-state index contributed by atoms with van der Waals surface area (Å²) < 4.78 is 78.1. The number of fused-ring (bicyclic) bond motifs is 1. The van der Waals surface area contributed by atoms with E-state index in [1.165, 1.54) is 25.9 Å². The number of carbonyl (C=O) groups is 4. The first-order valence-electron chi connectivity index (χ1n) is 19.5. The zero-order chi connectivity index (χ0) is 42.5. The molecule has 15 nitrogen and oxygen atoms in total. The number of halogens is 3. The number of amides is 1. The molecule has 0 aromatic heterocycles. The van der Waals surface area contributed by atoms with Crippen LogP contribution in [0.3, 0.4) is 0 Å². The molecule has 0 saturated carbocycles. The van der Waals surface area contributed by atoms with Crippen molar-refractivity contribution in [2.24, 2.45) is 34.7 Å². The highest BCUT2D eigenvalue weighted by molar-refractivity contribution is 5.85. The number of hydrogen-bond donors (Lipinski definition) is 0. The van der Waals surface area contributed by atoms with Crippen LogP contribution in [0, 0.1) is 29.6 Å². The summed E-state index contributed by atoms with van der Waals surface area (Å²) >= 11 is 0.